The van der Waals surface area contributed by atoms with Crippen LogP contribution in [0.1, 0.15) is 45.1 Å². The smallest absolute Gasteiger partial charge is 0.161 e. The SMILES string of the molecule is CC(C)C1(c2ccc3c(c2)OCCO3)CCCCCN1. The molecule has 3 rings (SSSR count). The molecule has 0 saturated carbocycles. The molecule has 0 bridgehead atoms. The molecule has 1 atom stereocenters. The summed E-state index contributed by atoms with van der Waals surface area (Å²) in [6.45, 7) is 7.04. The van der Waals surface area contributed by atoms with Crippen molar-refractivity contribution < 1.29 is 9.47 Å². The normalized spacial score (nSPS) is 26.4. The van der Waals surface area contributed by atoms with E-state index in [1.807, 2.05) is 0 Å². The quantitative estimate of drug-likeness (QED) is 0.896. The molecule has 0 radical (unpaired) electrons. The average Bonchev–Trinajstić information content (AvgIpc) is 2.73. The van der Waals surface area contributed by atoms with E-state index in [2.05, 4.69) is 37.4 Å². The first-order valence-electron chi connectivity index (χ1n) is 7.87. The van der Waals surface area contributed by atoms with E-state index >= 15 is 0 Å². The molecule has 20 heavy (non-hydrogen) atoms. The van der Waals surface area contributed by atoms with Gasteiger partial charge in [0.15, 0.2) is 11.5 Å². The summed E-state index contributed by atoms with van der Waals surface area (Å²) in [5.41, 5.74) is 1.42. The highest BCUT2D eigenvalue weighted by Gasteiger charge is 2.36. The number of hydrogen-bond acceptors (Lipinski definition) is 3. The standard InChI is InChI=1S/C17H25NO2/c1-13(2)17(8-4-3-5-9-18-17)14-6-7-15-16(12-14)20-11-10-19-15/h6-7,12-13,18H,3-5,8-11H2,1-2H3. The Morgan fingerprint density at radius 3 is 2.65 bits per heavy atom. The third-order valence-corrected chi connectivity index (χ3v) is 4.73. The first-order chi connectivity index (χ1) is 9.72. The van der Waals surface area contributed by atoms with Crippen LogP contribution in [0.15, 0.2) is 18.2 Å². The summed E-state index contributed by atoms with van der Waals surface area (Å²) in [6, 6.07) is 6.47. The predicted molar refractivity (Wildman–Crippen MR) is 80.4 cm³/mol. The number of fused-ring (bicyclic) bond motifs is 1. The van der Waals surface area contributed by atoms with Gasteiger partial charge in [-0.3, -0.25) is 0 Å². The summed E-state index contributed by atoms with van der Waals surface area (Å²) >= 11 is 0. The Bertz CT molecular complexity index is 462. The molecule has 3 nitrogen and oxygen atoms in total. The Morgan fingerprint density at radius 2 is 1.85 bits per heavy atom. The summed E-state index contributed by atoms with van der Waals surface area (Å²) in [4.78, 5) is 0. The van der Waals surface area contributed by atoms with Crippen molar-refractivity contribution in [3.05, 3.63) is 23.8 Å². The predicted octanol–water partition coefficient (Wildman–Crippen LogP) is 3.47. The molecule has 0 spiro atoms. The van der Waals surface area contributed by atoms with Crippen LogP contribution in [0.25, 0.3) is 0 Å². The van der Waals surface area contributed by atoms with Crippen molar-refractivity contribution in [2.24, 2.45) is 5.92 Å². The lowest BCUT2D eigenvalue weighted by Gasteiger charge is -2.39. The zero-order valence-electron chi connectivity index (χ0n) is 12.6. The Balaban J connectivity index is 1.98. The second kappa shape index (κ2) is 5.65. The van der Waals surface area contributed by atoms with Gasteiger partial charge in [0.2, 0.25) is 0 Å². The van der Waals surface area contributed by atoms with Crippen LogP contribution in [0.2, 0.25) is 0 Å². The number of rotatable bonds is 2. The lowest BCUT2D eigenvalue weighted by molar-refractivity contribution is 0.169. The van der Waals surface area contributed by atoms with Crippen molar-refractivity contribution in [2.75, 3.05) is 19.8 Å². The van der Waals surface area contributed by atoms with Gasteiger partial charge in [0.1, 0.15) is 13.2 Å². The summed E-state index contributed by atoms with van der Waals surface area (Å²) in [7, 11) is 0. The van der Waals surface area contributed by atoms with Gasteiger partial charge in [-0.2, -0.15) is 0 Å². The van der Waals surface area contributed by atoms with Crippen LogP contribution in [0.5, 0.6) is 11.5 Å². The van der Waals surface area contributed by atoms with E-state index < -0.39 is 0 Å². The zero-order valence-corrected chi connectivity index (χ0v) is 12.6. The van der Waals surface area contributed by atoms with Crippen LogP contribution in [0, 0.1) is 5.92 Å². The third kappa shape index (κ3) is 2.39. The molecule has 1 aromatic rings. The number of hydrogen-bond donors (Lipinski definition) is 1. The fourth-order valence-corrected chi connectivity index (χ4v) is 3.50. The minimum atomic E-state index is 0.0757. The molecule has 2 aliphatic rings. The Kier molecular flexibility index (Phi) is 3.88. The minimum Gasteiger partial charge on any atom is -0.486 e. The summed E-state index contributed by atoms with van der Waals surface area (Å²) < 4.78 is 11.4. The van der Waals surface area contributed by atoms with E-state index in [1.165, 1.54) is 31.2 Å². The van der Waals surface area contributed by atoms with Gasteiger partial charge in [-0.25, -0.2) is 0 Å². The first kappa shape index (κ1) is 13.7. The lowest BCUT2D eigenvalue weighted by Crippen LogP contribution is -2.46. The number of nitrogens with one attached hydrogen (secondary N) is 1. The van der Waals surface area contributed by atoms with Gasteiger partial charge in [0.05, 0.1) is 0 Å². The Labute approximate surface area is 121 Å². The van der Waals surface area contributed by atoms with Crippen LogP contribution in [-0.4, -0.2) is 19.8 Å². The lowest BCUT2D eigenvalue weighted by atomic mass is 9.76. The fourth-order valence-electron chi connectivity index (χ4n) is 3.50. The Hall–Kier alpha value is -1.22. The second-order valence-corrected chi connectivity index (χ2v) is 6.22. The van der Waals surface area contributed by atoms with Gasteiger partial charge < -0.3 is 14.8 Å². The molecular weight excluding hydrogens is 250 g/mol. The van der Waals surface area contributed by atoms with Crippen molar-refractivity contribution in [3.8, 4) is 11.5 Å². The largest absolute Gasteiger partial charge is 0.486 e. The van der Waals surface area contributed by atoms with Crippen LogP contribution < -0.4 is 14.8 Å². The molecule has 2 heterocycles. The van der Waals surface area contributed by atoms with E-state index in [1.54, 1.807) is 0 Å². The van der Waals surface area contributed by atoms with Gasteiger partial charge in [-0.15, -0.1) is 0 Å². The molecule has 1 saturated heterocycles. The maximum absolute atomic E-state index is 5.76. The first-order valence-corrected chi connectivity index (χ1v) is 7.87. The molecule has 0 amide bonds. The van der Waals surface area contributed by atoms with Crippen molar-refractivity contribution in [3.63, 3.8) is 0 Å². The van der Waals surface area contributed by atoms with E-state index in [0.29, 0.717) is 19.1 Å². The zero-order chi connectivity index (χ0) is 14.0. The number of ether oxygens (including phenoxy) is 2. The molecule has 1 N–H and O–H groups in total. The topological polar surface area (TPSA) is 30.5 Å². The van der Waals surface area contributed by atoms with Crippen molar-refractivity contribution >= 4 is 0 Å². The van der Waals surface area contributed by atoms with E-state index in [4.69, 9.17) is 9.47 Å². The molecular formula is C17H25NO2. The van der Waals surface area contributed by atoms with Crippen LogP contribution >= 0.6 is 0 Å². The maximum Gasteiger partial charge on any atom is 0.161 e. The average molecular weight is 275 g/mol. The van der Waals surface area contributed by atoms with Crippen LogP contribution in [-0.2, 0) is 5.54 Å². The molecule has 1 aromatic carbocycles. The van der Waals surface area contributed by atoms with Gasteiger partial charge in [-0.05, 0) is 43.0 Å². The summed E-state index contributed by atoms with van der Waals surface area (Å²) in [5, 5.41) is 3.82. The molecule has 110 valence electrons. The molecule has 3 heteroatoms. The van der Waals surface area contributed by atoms with Crippen molar-refractivity contribution in [1.82, 2.24) is 5.32 Å². The highest BCUT2D eigenvalue weighted by Crippen LogP contribution is 2.41. The summed E-state index contributed by atoms with van der Waals surface area (Å²) in [6.07, 6.45) is 5.09. The molecule has 1 fully saturated rings. The number of benzene rings is 1. The van der Waals surface area contributed by atoms with E-state index in [9.17, 15) is 0 Å². The van der Waals surface area contributed by atoms with Gasteiger partial charge in [-0.1, -0.05) is 32.8 Å². The van der Waals surface area contributed by atoms with Crippen LogP contribution in [0.4, 0.5) is 0 Å². The maximum atomic E-state index is 5.76. The molecule has 0 aliphatic carbocycles. The van der Waals surface area contributed by atoms with Gasteiger partial charge in [0.25, 0.3) is 0 Å². The van der Waals surface area contributed by atoms with E-state index in [0.717, 1.165) is 18.0 Å². The van der Waals surface area contributed by atoms with Gasteiger partial charge >= 0.3 is 0 Å². The van der Waals surface area contributed by atoms with Gasteiger partial charge in [0, 0.05) is 5.54 Å². The molecule has 0 aromatic heterocycles. The highest BCUT2D eigenvalue weighted by atomic mass is 16.6. The second-order valence-electron chi connectivity index (χ2n) is 6.22. The summed E-state index contributed by atoms with van der Waals surface area (Å²) in [5.74, 6) is 2.34. The van der Waals surface area contributed by atoms with Crippen molar-refractivity contribution in [2.45, 2.75) is 45.1 Å². The van der Waals surface area contributed by atoms with E-state index in [-0.39, 0.29) is 5.54 Å². The minimum absolute atomic E-state index is 0.0757. The van der Waals surface area contributed by atoms with Crippen LogP contribution in [0.3, 0.4) is 0 Å². The molecule has 2 aliphatic heterocycles. The fraction of sp³-hybridized carbons (Fsp3) is 0.647. The highest BCUT2D eigenvalue weighted by molar-refractivity contribution is 5.46. The monoisotopic (exact) mass is 275 g/mol. The Morgan fingerprint density at radius 1 is 1.05 bits per heavy atom. The molecule has 1 unspecified atom stereocenters. The van der Waals surface area contributed by atoms with Crippen molar-refractivity contribution in [1.29, 1.82) is 0 Å². The third-order valence-electron chi connectivity index (χ3n) is 4.73.